The number of phenolic OH excluding ortho intramolecular Hbond substituents is 4. The van der Waals surface area contributed by atoms with Crippen molar-refractivity contribution in [3.63, 3.8) is 0 Å². The quantitative estimate of drug-likeness (QED) is 0.0171. The number of carboxylic acid groups (broad SMARTS) is 1. The number of ether oxygens (including phenoxy) is 2. The van der Waals surface area contributed by atoms with Crippen LogP contribution in [-0.4, -0.2) is 86.1 Å². The first-order chi connectivity index (χ1) is 51.2. The number of allylic oxidation sites excluding steroid dienone is 2. The van der Waals surface area contributed by atoms with Gasteiger partial charge in [0.05, 0.1) is 45.1 Å². The third-order valence-electron chi connectivity index (χ3n) is 21.7. The van der Waals surface area contributed by atoms with E-state index in [0.717, 1.165) is 100 Å². The van der Waals surface area contributed by atoms with Gasteiger partial charge in [-0.3, -0.25) is 9.59 Å². The average Bonchev–Trinajstić information content (AvgIpc) is 1.57. The number of nitrogens with two attached hydrogens (primary N) is 1. The summed E-state index contributed by atoms with van der Waals surface area (Å²) in [4.78, 5) is 26.1. The number of nitrogens with one attached hydrogen (secondary N) is 3. The minimum Gasteiger partial charge on any atom is -0.508 e. The fourth-order valence-electron chi connectivity index (χ4n) is 16.9. The molecule has 15 nitrogen and oxygen atoms in total. The van der Waals surface area contributed by atoms with Crippen LogP contribution in [0.4, 0.5) is 17.1 Å². The molecule has 0 bridgehead atoms. The number of benzene rings is 12. The molecule has 4 unspecified atom stereocenters. The SMILES string of the molecule is Nc1cc(C2(c3ccc(O)c(NCC(O)COc4ccc(C5(c6ccc(OCC(O)CNCc7cc(C8(c9ccc(O)c(NC(=O)C%10CC=CCC%10C(=O)O)c9)c9ccccc9-c9ccccc98)ccc7O)cc6)c6ccccc6-c6ccccc65)cc4)c3)c3ccccc3-c3ccccc32)ccc1O. The molecule has 0 heterocycles. The highest BCUT2D eigenvalue weighted by Crippen LogP contribution is 2.60. The van der Waals surface area contributed by atoms with Crippen LogP contribution in [0.3, 0.4) is 0 Å². The van der Waals surface area contributed by atoms with Gasteiger partial charge in [-0.2, -0.15) is 0 Å². The lowest BCUT2D eigenvalue weighted by Gasteiger charge is -2.35. The van der Waals surface area contributed by atoms with E-state index in [1.54, 1.807) is 36.4 Å². The van der Waals surface area contributed by atoms with Crippen LogP contribution in [0.15, 0.2) is 279 Å². The number of hydrogen-bond acceptors (Lipinski definition) is 13. The van der Waals surface area contributed by atoms with Crippen molar-refractivity contribution in [1.82, 2.24) is 5.32 Å². The summed E-state index contributed by atoms with van der Waals surface area (Å²) in [7, 11) is 0. The highest BCUT2D eigenvalue weighted by atomic mass is 16.5. The number of aliphatic carboxylic acids is 1. The molecule has 0 saturated carbocycles. The van der Waals surface area contributed by atoms with E-state index in [1.807, 2.05) is 121 Å². The number of carbonyl (C=O) groups is 2. The van der Waals surface area contributed by atoms with Gasteiger partial charge in [-0.25, -0.2) is 0 Å². The number of aliphatic hydroxyl groups is 2. The number of anilines is 3. The van der Waals surface area contributed by atoms with Crippen LogP contribution in [0.2, 0.25) is 0 Å². The molecule has 0 saturated heterocycles. The Balaban J connectivity index is 0.604. The van der Waals surface area contributed by atoms with Crippen LogP contribution in [0.1, 0.15) is 85.2 Å². The van der Waals surface area contributed by atoms with Crippen molar-refractivity contribution in [3.8, 4) is 67.9 Å². The Morgan fingerprint density at radius 1 is 0.410 bits per heavy atom. The first kappa shape index (κ1) is 67.1. The van der Waals surface area contributed by atoms with E-state index in [9.17, 15) is 45.3 Å². The Bertz CT molecular complexity index is 5250. The summed E-state index contributed by atoms with van der Waals surface area (Å²) in [5.41, 5.74) is 22.9. The zero-order valence-corrected chi connectivity index (χ0v) is 57.2. The molecule has 522 valence electrons. The number of aromatic hydroxyl groups is 4. The molecule has 12 aromatic rings. The van der Waals surface area contributed by atoms with E-state index in [-0.39, 0.29) is 80.1 Å². The number of hydrogen-bond donors (Lipinski definition) is 11. The highest BCUT2D eigenvalue weighted by Gasteiger charge is 2.50. The summed E-state index contributed by atoms with van der Waals surface area (Å²) in [6.45, 7) is 0.274. The lowest BCUT2D eigenvalue weighted by molar-refractivity contribution is -0.146. The molecule has 0 aromatic heterocycles. The minimum atomic E-state index is -1.06. The first-order valence-corrected chi connectivity index (χ1v) is 35.3. The summed E-state index contributed by atoms with van der Waals surface area (Å²) in [5, 5.41) is 87.4. The van der Waals surface area contributed by atoms with Gasteiger partial charge < -0.3 is 66.9 Å². The maximum Gasteiger partial charge on any atom is 0.307 e. The number of phenols is 4. The lowest BCUT2D eigenvalue weighted by atomic mass is 9.67. The predicted molar refractivity (Wildman–Crippen MR) is 407 cm³/mol. The topological polar surface area (TPSA) is 256 Å². The molecular weight excluding hydrogens is 1310 g/mol. The van der Waals surface area contributed by atoms with E-state index in [4.69, 9.17) is 15.2 Å². The van der Waals surface area contributed by atoms with Crippen molar-refractivity contribution >= 4 is 28.9 Å². The second kappa shape index (κ2) is 27.4. The second-order valence-corrected chi connectivity index (χ2v) is 27.6. The summed E-state index contributed by atoms with van der Waals surface area (Å²) >= 11 is 0. The van der Waals surface area contributed by atoms with Crippen LogP contribution >= 0.6 is 0 Å². The molecule has 0 spiro atoms. The van der Waals surface area contributed by atoms with E-state index in [2.05, 4.69) is 137 Å². The molecular formula is C90H76N4O11. The van der Waals surface area contributed by atoms with Gasteiger partial charge in [0.25, 0.3) is 0 Å². The molecule has 1 amide bonds. The molecule has 105 heavy (non-hydrogen) atoms. The fourth-order valence-corrected chi connectivity index (χ4v) is 16.9. The standard InChI is InChI=1S/C90H76N4O11/c91-79-46-58(34-42-83(79)98)90(77-27-13-7-19-69(77)70-20-8-14-28-78(70)90)59-35-43-84(99)80(47-59)93-51-62(96)53-105-64-39-31-56(32-40-64)88(73-23-9-3-15-65(73)66-16-4-10-24-74(66)88)55-29-37-63(38-30-55)104-52-61(95)50-92-49-54-45-57(33-41-82(54)97)89(75-25-11-5-17-67(75)68-18-6-12-26-76(68)89)60-36-44-85(100)81(48-60)94-86(101)71-21-1-2-22-72(71)87(102)103/h1-20,23-48,61-62,71-72,92-93,95-100H,21-22,49-53,91H2,(H,94,101)(H,102,103). The Labute approximate surface area is 607 Å². The Morgan fingerprint density at radius 2 is 0.762 bits per heavy atom. The number of amides is 1. The summed E-state index contributed by atoms with van der Waals surface area (Å²) in [6, 6.07) is 87.0. The zero-order valence-electron chi connectivity index (χ0n) is 57.2. The van der Waals surface area contributed by atoms with E-state index in [0.29, 0.717) is 22.7 Å². The van der Waals surface area contributed by atoms with Gasteiger partial charge >= 0.3 is 5.97 Å². The van der Waals surface area contributed by atoms with Gasteiger partial charge in [0.2, 0.25) is 5.91 Å². The zero-order chi connectivity index (χ0) is 72.1. The van der Waals surface area contributed by atoms with E-state index < -0.39 is 52.2 Å². The van der Waals surface area contributed by atoms with Crippen molar-refractivity contribution in [2.75, 3.05) is 42.7 Å². The van der Waals surface area contributed by atoms with E-state index in [1.165, 1.54) is 0 Å². The van der Waals surface area contributed by atoms with Crippen LogP contribution in [0.25, 0.3) is 33.4 Å². The monoisotopic (exact) mass is 1390 g/mol. The van der Waals surface area contributed by atoms with Crippen molar-refractivity contribution < 1.29 is 54.8 Å². The molecule has 15 heteroatoms. The molecule has 0 aliphatic heterocycles. The first-order valence-electron chi connectivity index (χ1n) is 35.3. The molecule has 4 aliphatic rings. The number of fused-ring (bicyclic) bond motifs is 9. The third-order valence-corrected chi connectivity index (χ3v) is 21.7. The van der Waals surface area contributed by atoms with Gasteiger partial charge in [0.1, 0.15) is 59.9 Å². The molecule has 4 aliphatic carbocycles. The Kier molecular flexibility index (Phi) is 17.5. The van der Waals surface area contributed by atoms with Gasteiger partial charge in [-0.15, -0.1) is 0 Å². The predicted octanol–water partition coefficient (Wildman–Crippen LogP) is 15.2. The normalized spacial score (nSPS) is 16.3. The van der Waals surface area contributed by atoms with Crippen LogP contribution < -0.4 is 31.2 Å². The maximum absolute atomic E-state index is 13.9. The van der Waals surface area contributed by atoms with Crippen LogP contribution in [0, 0.1) is 11.8 Å². The number of aliphatic hydroxyl groups excluding tert-OH is 2. The lowest BCUT2D eigenvalue weighted by Crippen LogP contribution is -2.35. The molecule has 4 atom stereocenters. The summed E-state index contributed by atoms with van der Waals surface area (Å²) in [5.74, 6) is -2.31. The van der Waals surface area contributed by atoms with E-state index >= 15 is 0 Å². The molecule has 0 fully saturated rings. The van der Waals surface area contributed by atoms with Gasteiger partial charge in [0, 0.05) is 25.2 Å². The van der Waals surface area contributed by atoms with Gasteiger partial charge in [-0.05, 0) is 186 Å². The largest absolute Gasteiger partial charge is 0.508 e. The van der Waals surface area contributed by atoms with Crippen molar-refractivity contribution in [1.29, 1.82) is 0 Å². The Morgan fingerprint density at radius 3 is 1.20 bits per heavy atom. The van der Waals surface area contributed by atoms with Crippen LogP contribution in [0.5, 0.6) is 34.5 Å². The van der Waals surface area contributed by atoms with Crippen molar-refractivity contribution in [3.05, 3.63) is 351 Å². The smallest absolute Gasteiger partial charge is 0.307 e. The second-order valence-electron chi connectivity index (χ2n) is 27.6. The average molecular weight is 1390 g/mol. The number of nitrogen functional groups attached to an aromatic ring is 1. The molecule has 0 radical (unpaired) electrons. The molecule has 16 rings (SSSR count). The highest BCUT2D eigenvalue weighted by molar-refractivity contribution is 5.97. The third kappa shape index (κ3) is 11.4. The summed E-state index contributed by atoms with van der Waals surface area (Å²) in [6.07, 6.45) is 2.14. The Hall–Kier alpha value is -12.4. The summed E-state index contributed by atoms with van der Waals surface area (Å²) < 4.78 is 12.6. The molecule has 12 aromatic carbocycles. The van der Waals surface area contributed by atoms with Crippen LogP contribution in [-0.2, 0) is 32.4 Å². The molecule has 12 N–H and O–H groups in total. The fraction of sp³-hybridized carbons (Fsp3) is 0.156. The van der Waals surface area contributed by atoms with Gasteiger partial charge in [0.15, 0.2) is 0 Å². The number of carbonyl (C=O) groups excluding carboxylic acids is 1. The minimum absolute atomic E-state index is 0.00929. The van der Waals surface area contributed by atoms with Gasteiger partial charge in [-0.1, -0.05) is 206 Å². The maximum atomic E-state index is 13.9. The van der Waals surface area contributed by atoms with Crippen molar-refractivity contribution in [2.45, 2.75) is 47.8 Å². The van der Waals surface area contributed by atoms with Crippen molar-refractivity contribution in [2.24, 2.45) is 11.8 Å². The number of carboxylic acids is 1. The number of rotatable bonds is 22.